The number of carbonyl (C=O) groups is 2. The zero-order valence-corrected chi connectivity index (χ0v) is 16.5. The Kier molecular flexibility index (Phi) is 9.19. The molecule has 0 radical (unpaired) electrons. The van der Waals surface area contributed by atoms with Gasteiger partial charge in [0.25, 0.3) is 5.91 Å². The van der Waals surface area contributed by atoms with Crippen molar-refractivity contribution in [2.75, 3.05) is 47.8 Å². The second-order valence-electron chi connectivity index (χ2n) is 6.46. The highest BCUT2D eigenvalue weighted by Crippen LogP contribution is 2.07. The van der Waals surface area contributed by atoms with Gasteiger partial charge in [-0.05, 0) is 30.5 Å². The number of aliphatic imine (C=N–C) groups is 1. The molecule has 0 heterocycles. The Morgan fingerprint density at radius 1 is 1.04 bits per heavy atom. The van der Waals surface area contributed by atoms with E-state index in [1.807, 2.05) is 24.3 Å². The molecule has 0 fully saturated rings. The van der Waals surface area contributed by atoms with Gasteiger partial charge in [0.15, 0.2) is 5.96 Å². The number of benzene rings is 1. The van der Waals surface area contributed by atoms with Gasteiger partial charge in [0, 0.05) is 46.8 Å². The Labute approximate surface area is 156 Å². The fourth-order valence-corrected chi connectivity index (χ4v) is 2.15. The number of amides is 2. The van der Waals surface area contributed by atoms with Crippen molar-refractivity contribution in [3.8, 4) is 0 Å². The maximum absolute atomic E-state index is 12.0. The van der Waals surface area contributed by atoms with E-state index in [0.717, 1.165) is 24.9 Å². The number of rotatable bonds is 8. The van der Waals surface area contributed by atoms with Crippen molar-refractivity contribution in [1.29, 1.82) is 0 Å². The molecule has 0 saturated carbocycles. The first kappa shape index (κ1) is 21.5. The number of carbonyl (C=O) groups excluding carboxylic acids is 2. The monoisotopic (exact) mass is 361 g/mol. The first-order valence-corrected chi connectivity index (χ1v) is 8.88. The van der Waals surface area contributed by atoms with Gasteiger partial charge in [-0.2, -0.15) is 0 Å². The molecule has 0 aliphatic carbocycles. The van der Waals surface area contributed by atoms with E-state index in [1.54, 1.807) is 33.1 Å². The van der Waals surface area contributed by atoms with Gasteiger partial charge in [-0.3, -0.25) is 9.59 Å². The highest BCUT2D eigenvalue weighted by atomic mass is 16.2. The lowest BCUT2D eigenvalue weighted by Gasteiger charge is -2.14. The molecule has 1 aromatic rings. The van der Waals surface area contributed by atoms with E-state index in [-0.39, 0.29) is 18.4 Å². The number of hydrogen-bond acceptors (Lipinski definition) is 3. The van der Waals surface area contributed by atoms with Crippen LogP contribution in [-0.4, -0.2) is 75.4 Å². The SMILES string of the molecule is CCCNC(=NCC(=O)N(C)C)NCCc1cccc(C(=O)N(C)C)c1. The molecule has 0 aliphatic heterocycles. The molecular formula is C19H31N5O2. The summed E-state index contributed by atoms with van der Waals surface area (Å²) in [4.78, 5) is 31.2. The summed E-state index contributed by atoms with van der Waals surface area (Å²) in [6, 6.07) is 7.63. The summed E-state index contributed by atoms with van der Waals surface area (Å²) in [5.74, 6) is 0.578. The molecule has 144 valence electrons. The molecule has 0 atom stereocenters. The van der Waals surface area contributed by atoms with E-state index < -0.39 is 0 Å². The van der Waals surface area contributed by atoms with E-state index in [1.165, 1.54) is 4.90 Å². The minimum absolute atomic E-state index is 0.00567. The lowest BCUT2D eigenvalue weighted by molar-refractivity contribution is -0.127. The summed E-state index contributed by atoms with van der Waals surface area (Å²) in [7, 11) is 6.92. The van der Waals surface area contributed by atoms with Crippen LogP contribution in [0, 0.1) is 0 Å². The first-order chi connectivity index (χ1) is 12.3. The molecule has 0 saturated heterocycles. The molecule has 1 aromatic carbocycles. The lowest BCUT2D eigenvalue weighted by atomic mass is 10.1. The third kappa shape index (κ3) is 7.55. The molecule has 7 nitrogen and oxygen atoms in total. The van der Waals surface area contributed by atoms with Crippen LogP contribution in [0.1, 0.15) is 29.3 Å². The van der Waals surface area contributed by atoms with Crippen LogP contribution < -0.4 is 10.6 Å². The average Bonchev–Trinajstić information content (AvgIpc) is 2.62. The second-order valence-corrected chi connectivity index (χ2v) is 6.46. The predicted molar refractivity (Wildman–Crippen MR) is 105 cm³/mol. The Hall–Kier alpha value is -2.57. The smallest absolute Gasteiger partial charge is 0.253 e. The fraction of sp³-hybridized carbons (Fsp3) is 0.526. The third-order valence-electron chi connectivity index (χ3n) is 3.70. The molecule has 2 N–H and O–H groups in total. The van der Waals surface area contributed by atoms with Crippen molar-refractivity contribution >= 4 is 17.8 Å². The molecule has 0 aromatic heterocycles. The highest BCUT2D eigenvalue weighted by Gasteiger charge is 2.08. The molecular weight excluding hydrogens is 330 g/mol. The number of hydrogen-bond donors (Lipinski definition) is 2. The van der Waals surface area contributed by atoms with Gasteiger partial charge < -0.3 is 20.4 Å². The molecule has 2 amide bonds. The molecule has 26 heavy (non-hydrogen) atoms. The van der Waals surface area contributed by atoms with Crippen LogP contribution in [0.3, 0.4) is 0 Å². The van der Waals surface area contributed by atoms with Crippen molar-refractivity contribution in [2.45, 2.75) is 19.8 Å². The summed E-state index contributed by atoms with van der Waals surface area (Å²) in [5, 5.41) is 6.44. The van der Waals surface area contributed by atoms with Crippen LogP contribution in [0.25, 0.3) is 0 Å². The summed E-state index contributed by atoms with van der Waals surface area (Å²) in [6.07, 6.45) is 1.72. The topological polar surface area (TPSA) is 77.0 Å². The predicted octanol–water partition coefficient (Wildman–Crippen LogP) is 0.964. The molecule has 1 rings (SSSR count). The zero-order chi connectivity index (χ0) is 19.5. The van der Waals surface area contributed by atoms with Crippen molar-refractivity contribution in [1.82, 2.24) is 20.4 Å². The largest absolute Gasteiger partial charge is 0.356 e. The van der Waals surface area contributed by atoms with Crippen LogP contribution in [0.5, 0.6) is 0 Å². The Bertz CT molecular complexity index is 626. The van der Waals surface area contributed by atoms with Gasteiger partial charge in [0.05, 0.1) is 0 Å². The van der Waals surface area contributed by atoms with E-state index in [2.05, 4.69) is 22.5 Å². The number of likely N-dealkylation sites (N-methyl/N-ethyl adjacent to an activating group) is 1. The van der Waals surface area contributed by atoms with Crippen molar-refractivity contribution < 1.29 is 9.59 Å². The quantitative estimate of drug-likeness (QED) is 0.534. The van der Waals surface area contributed by atoms with E-state index in [0.29, 0.717) is 18.1 Å². The number of nitrogens with one attached hydrogen (secondary N) is 2. The minimum Gasteiger partial charge on any atom is -0.356 e. The van der Waals surface area contributed by atoms with E-state index in [9.17, 15) is 9.59 Å². The number of nitrogens with zero attached hydrogens (tertiary/aromatic N) is 3. The van der Waals surface area contributed by atoms with Gasteiger partial charge in [-0.1, -0.05) is 19.1 Å². The molecule has 0 bridgehead atoms. The molecule has 7 heteroatoms. The van der Waals surface area contributed by atoms with Crippen molar-refractivity contribution in [3.05, 3.63) is 35.4 Å². The normalized spacial score (nSPS) is 11.0. The van der Waals surface area contributed by atoms with Gasteiger partial charge >= 0.3 is 0 Å². The Balaban J connectivity index is 2.63. The molecule has 0 aliphatic rings. The van der Waals surface area contributed by atoms with Gasteiger partial charge in [-0.15, -0.1) is 0 Å². The number of guanidine groups is 1. The standard InChI is InChI=1S/C19H31N5O2/c1-6-11-20-19(22-14-17(25)23(2)3)21-12-10-15-8-7-9-16(13-15)18(26)24(4)5/h7-9,13H,6,10-12,14H2,1-5H3,(H2,20,21,22). The summed E-state index contributed by atoms with van der Waals surface area (Å²) in [6.45, 7) is 3.63. The van der Waals surface area contributed by atoms with Crippen molar-refractivity contribution in [2.24, 2.45) is 4.99 Å². The summed E-state index contributed by atoms with van der Waals surface area (Å²) >= 11 is 0. The second kappa shape index (κ2) is 11.1. The Morgan fingerprint density at radius 3 is 2.35 bits per heavy atom. The van der Waals surface area contributed by atoms with Crippen LogP contribution in [-0.2, 0) is 11.2 Å². The third-order valence-corrected chi connectivity index (χ3v) is 3.70. The first-order valence-electron chi connectivity index (χ1n) is 8.88. The summed E-state index contributed by atoms with van der Waals surface area (Å²) in [5.41, 5.74) is 1.76. The van der Waals surface area contributed by atoms with Gasteiger partial charge in [0.1, 0.15) is 6.54 Å². The van der Waals surface area contributed by atoms with Crippen LogP contribution in [0.2, 0.25) is 0 Å². The maximum Gasteiger partial charge on any atom is 0.253 e. The minimum atomic E-state index is -0.0440. The van der Waals surface area contributed by atoms with Crippen LogP contribution in [0.15, 0.2) is 29.3 Å². The van der Waals surface area contributed by atoms with Crippen LogP contribution in [0.4, 0.5) is 0 Å². The zero-order valence-electron chi connectivity index (χ0n) is 16.5. The van der Waals surface area contributed by atoms with E-state index in [4.69, 9.17) is 0 Å². The van der Waals surface area contributed by atoms with Crippen molar-refractivity contribution in [3.63, 3.8) is 0 Å². The maximum atomic E-state index is 12.0. The van der Waals surface area contributed by atoms with Gasteiger partial charge in [-0.25, -0.2) is 4.99 Å². The van der Waals surface area contributed by atoms with Gasteiger partial charge in [0.2, 0.25) is 5.91 Å². The fourth-order valence-electron chi connectivity index (χ4n) is 2.15. The molecule has 0 unspecified atom stereocenters. The summed E-state index contributed by atoms with van der Waals surface area (Å²) < 4.78 is 0. The average molecular weight is 361 g/mol. The van der Waals surface area contributed by atoms with E-state index >= 15 is 0 Å². The van der Waals surface area contributed by atoms with Crippen LogP contribution >= 0.6 is 0 Å². The highest BCUT2D eigenvalue weighted by molar-refractivity contribution is 5.94. The lowest BCUT2D eigenvalue weighted by Crippen LogP contribution is -2.39. The molecule has 0 spiro atoms. The Morgan fingerprint density at radius 2 is 1.73 bits per heavy atom.